The number of benzene rings is 1. The molecule has 0 aliphatic carbocycles. The van der Waals surface area contributed by atoms with Crippen molar-refractivity contribution in [1.29, 1.82) is 0 Å². The van der Waals surface area contributed by atoms with Crippen molar-refractivity contribution >= 4 is 35.1 Å². The number of fused-ring (bicyclic) bond motifs is 1. The zero-order valence-electron chi connectivity index (χ0n) is 11.4. The van der Waals surface area contributed by atoms with Gasteiger partial charge in [0.15, 0.2) is 5.58 Å². The molecule has 8 heteroatoms. The van der Waals surface area contributed by atoms with E-state index in [0.717, 1.165) is 0 Å². The third kappa shape index (κ3) is 3.10. The topological polar surface area (TPSA) is 85.5 Å². The summed E-state index contributed by atoms with van der Waals surface area (Å²) in [7, 11) is 1.62. The molecule has 114 valence electrons. The summed E-state index contributed by atoms with van der Waals surface area (Å²) in [5.74, 6) is -0.580. The van der Waals surface area contributed by atoms with Crippen LogP contribution in [-0.2, 0) is 16.6 Å². The Kier molecular flexibility index (Phi) is 4.66. The van der Waals surface area contributed by atoms with Crippen LogP contribution in [0.1, 0.15) is 0 Å². The number of hydrogen-bond acceptors (Lipinski definition) is 5. The summed E-state index contributed by atoms with van der Waals surface area (Å²) >= 11 is 0. The number of aromatic nitrogens is 1. The first kappa shape index (κ1) is 15.6. The van der Waals surface area contributed by atoms with Gasteiger partial charge in [0.1, 0.15) is 6.04 Å². The Bertz CT molecular complexity index is 703. The summed E-state index contributed by atoms with van der Waals surface area (Å²) in [5, 5.41) is 5.88. The summed E-state index contributed by atoms with van der Waals surface area (Å²) in [6.45, 7) is 1.64. The monoisotopic (exact) mass is 313 g/mol. The SMILES string of the molecule is Cl.Cn1c(=O)oc2ccc(NC(=O)C3COCCN3)cc21. The fourth-order valence-corrected chi connectivity index (χ4v) is 2.17. The highest BCUT2D eigenvalue weighted by molar-refractivity contribution is 5.96. The van der Waals surface area contributed by atoms with Gasteiger partial charge in [-0.2, -0.15) is 0 Å². The van der Waals surface area contributed by atoms with Gasteiger partial charge >= 0.3 is 5.76 Å². The van der Waals surface area contributed by atoms with E-state index in [1.165, 1.54) is 4.57 Å². The molecular formula is C13H16ClN3O4. The smallest absolute Gasteiger partial charge is 0.408 e. The van der Waals surface area contributed by atoms with Crippen LogP contribution in [0.4, 0.5) is 5.69 Å². The van der Waals surface area contributed by atoms with Gasteiger partial charge < -0.3 is 19.8 Å². The number of ether oxygens (including phenoxy) is 1. The van der Waals surface area contributed by atoms with E-state index in [4.69, 9.17) is 9.15 Å². The lowest BCUT2D eigenvalue weighted by molar-refractivity contribution is -0.120. The van der Waals surface area contributed by atoms with Crippen molar-refractivity contribution in [2.75, 3.05) is 25.1 Å². The highest BCUT2D eigenvalue weighted by atomic mass is 35.5. The van der Waals surface area contributed by atoms with E-state index in [1.54, 1.807) is 25.2 Å². The fourth-order valence-electron chi connectivity index (χ4n) is 2.17. The molecule has 2 aromatic rings. The average molecular weight is 314 g/mol. The van der Waals surface area contributed by atoms with Gasteiger partial charge in [-0.15, -0.1) is 12.4 Å². The number of nitrogens with zero attached hydrogens (tertiary/aromatic N) is 1. The normalized spacial score (nSPS) is 18.2. The molecule has 1 fully saturated rings. The molecule has 1 saturated heterocycles. The van der Waals surface area contributed by atoms with Crippen molar-refractivity contribution in [1.82, 2.24) is 9.88 Å². The Morgan fingerprint density at radius 1 is 1.48 bits per heavy atom. The fraction of sp³-hybridized carbons (Fsp3) is 0.385. The third-order valence-corrected chi connectivity index (χ3v) is 3.30. The molecule has 0 radical (unpaired) electrons. The lowest BCUT2D eigenvalue weighted by Crippen LogP contribution is -2.48. The second-order valence-corrected chi connectivity index (χ2v) is 4.68. The predicted octanol–water partition coefficient (Wildman–Crippen LogP) is 0.480. The van der Waals surface area contributed by atoms with Crippen LogP contribution in [0.3, 0.4) is 0 Å². The number of morpholine rings is 1. The number of carbonyl (C=O) groups is 1. The maximum Gasteiger partial charge on any atom is 0.419 e. The van der Waals surface area contributed by atoms with Gasteiger partial charge in [0.05, 0.1) is 18.7 Å². The lowest BCUT2D eigenvalue weighted by Gasteiger charge is -2.22. The number of amides is 1. The van der Waals surface area contributed by atoms with Crippen LogP contribution in [0.2, 0.25) is 0 Å². The van der Waals surface area contributed by atoms with E-state index in [1.807, 2.05) is 0 Å². The van der Waals surface area contributed by atoms with Crippen molar-refractivity contribution < 1.29 is 13.9 Å². The number of aryl methyl sites for hydroxylation is 1. The molecule has 1 amide bonds. The molecule has 1 atom stereocenters. The Labute approximate surface area is 126 Å². The van der Waals surface area contributed by atoms with Crippen molar-refractivity contribution in [3.8, 4) is 0 Å². The Hall–Kier alpha value is -1.83. The molecule has 0 saturated carbocycles. The largest absolute Gasteiger partial charge is 0.419 e. The van der Waals surface area contributed by atoms with E-state index in [2.05, 4.69) is 10.6 Å². The number of nitrogens with one attached hydrogen (secondary N) is 2. The number of rotatable bonds is 2. The maximum absolute atomic E-state index is 12.0. The van der Waals surface area contributed by atoms with E-state index < -0.39 is 5.76 Å². The number of anilines is 1. The Balaban J connectivity index is 0.00000161. The second kappa shape index (κ2) is 6.30. The quantitative estimate of drug-likeness (QED) is 0.842. The number of hydrogen-bond donors (Lipinski definition) is 2. The molecule has 21 heavy (non-hydrogen) atoms. The van der Waals surface area contributed by atoms with Gasteiger partial charge in [-0.1, -0.05) is 0 Å². The number of halogens is 1. The van der Waals surface area contributed by atoms with Crippen molar-refractivity contribution in [2.45, 2.75) is 6.04 Å². The van der Waals surface area contributed by atoms with Gasteiger partial charge in [-0.25, -0.2) is 4.79 Å². The van der Waals surface area contributed by atoms with Crippen LogP contribution in [0.5, 0.6) is 0 Å². The minimum absolute atomic E-state index is 0. The molecule has 2 heterocycles. The van der Waals surface area contributed by atoms with Gasteiger partial charge in [0, 0.05) is 19.3 Å². The molecule has 1 aromatic heterocycles. The maximum atomic E-state index is 12.0. The molecule has 2 N–H and O–H groups in total. The van der Waals surface area contributed by atoms with Crippen LogP contribution in [-0.4, -0.2) is 36.3 Å². The first-order valence-corrected chi connectivity index (χ1v) is 6.37. The molecule has 3 rings (SSSR count). The Morgan fingerprint density at radius 3 is 3.00 bits per heavy atom. The zero-order valence-corrected chi connectivity index (χ0v) is 12.2. The lowest BCUT2D eigenvalue weighted by atomic mass is 10.2. The summed E-state index contributed by atoms with van der Waals surface area (Å²) < 4.78 is 11.7. The zero-order chi connectivity index (χ0) is 14.1. The van der Waals surface area contributed by atoms with E-state index in [-0.39, 0.29) is 24.4 Å². The summed E-state index contributed by atoms with van der Waals surface area (Å²) in [5.41, 5.74) is 1.75. The highest BCUT2D eigenvalue weighted by Crippen LogP contribution is 2.18. The molecule has 1 aliphatic rings. The number of oxazole rings is 1. The van der Waals surface area contributed by atoms with Gasteiger partial charge in [-0.3, -0.25) is 9.36 Å². The van der Waals surface area contributed by atoms with Crippen LogP contribution in [0.15, 0.2) is 27.4 Å². The molecule has 0 bridgehead atoms. The highest BCUT2D eigenvalue weighted by Gasteiger charge is 2.21. The summed E-state index contributed by atoms with van der Waals surface area (Å²) in [4.78, 5) is 23.4. The van der Waals surface area contributed by atoms with Gasteiger partial charge in [0.25, 0.3) is 0 Å². The van der Waals surface area contributed by atoms with Crippen LogP contribution in [0, 0.1) is 0 Å². The number of carbonyl (C=O) groups excluding carboxylic acids is 1. The van der Waals surface area contributed by atoms with E-state index in [0.29, 0.717) is 36.5 Å². The molecule has 1 aliphatic heterocycles. The van der Waals surface area contributed by atoms with Crippen LogP contribution >= 0.6 is 12.4 Å². The van der Waals surface area contributed by atoms with Crippen molar-refractivity contribution in [2.24, 2.45) is 7.05 Å². The van der Waals surface area contributed by atoms with Gasteiger partial charge in [-0.05, 0) is 18.2 Å². The molecule has 1 unspecified atom stereocenters. The Morgan fingerprint density at radius 2 is 2.29 bits per heavy atom. The van der Waals surface area contributed by atoms with Gasteiger partial charge in [0.2, 0.25) is 5.91 Å². The molecular weight excluding hydrogens is 298 g/mol. The molecule has 0 spiro atoms. The minimum atomic E-state index is -0.425. The first-order chi connectivity index (χ1) is 9.65. The van der Waals surface area contributed by atoms with Crippen LogP contribution < -0.4 is 16.4 Å². The third-order valence-electron chi connectivity index (χ3n) is 3.30. The van der Waals surface area contributed by atoms with E-state index >= 15 is 0 Å². The second-order valence-electron chi connectivity index (χ2n) is 4.68. The first-order valence-electron chi connectivity index (χ1n) is 6.37. The molecule has 7 nitrogen and oxygen atoms in total. The summed E-state index contributed by atoms with van der Waals surface area (Å²) in [6.07, 6.45) is 0. The minimum Gasteiger partial charge on any atom is -0.408 e. The van der Waals surface area contributed by atoms with Crippen molar-refractivity contribution in [3.63, 3.8) is 0 Å². The molecule has 1 aromatic carbocycles. The van der Waals surface area contributed by atoms with E-state index in [9.17, 15) is 9.59 Å². The average Bonchev–Trinajstić information content (AvgIpc) is 2.75. The summed E-state index contributed by atoms with van der Waals surface area (Å²) in [6, 6.07) is 4.72. The standard InChI is InChI=1S/C13H15N3O4.ClH/c1-16-10-6-8(2-3-11(10)20-13(16)18)15-12(17)9-7-19-5-4-14-9;/h2-3,6,9,14H,4-5,7H2,1H3,(H,15,17);1H. The van der Waals surface area contributed by atoms with Crippen LogP contribution in [0.25, 0.3) is 11.1 Å². The predicted molar refractivity (Wildman–Crippen MR) is 79.9 cm³/mol. The van der Waals surface area contributed by atoms with Crippen molar-refractivity contribution in [3.05, 3.63) is 28.7 Å².